The van der Waals surface area contributed by atoms with Gasteiger partial charge in [-0.05, 0) is 17.5 Å². The van der Waals surface area contributed by atoms with E-state index in [-0.39, 0.29) is 31.4 Å². The summed E-state index contributed by atoms with van der Waals surface area (Å²) < 4.78 is 5.30. The molecule has 0 atom stereocenters. The van der Waals surface area contributed by atoms with Crippen molar-refractivity contribution < 1.29 is 19.1 Å². The molecular formula is C21H23N3O4. The molecule has 0 aromatic heterocycles. The van der Waals surface area contributed by atoms with Crippen LogP contribution in [0.4, 0.5) is 4.79 Å². The smallest absolute Gasteiger partial charge is 0.429 e. The van der Waals surface area contributed by atoms with Crippen LogP contribution in [-0.4, -0.2) is 47.6 Å². The van der Waals surface area contributed by atoms with Crippen molar-refractivity contribution in [3.63, 3.8) is 0 Å². The lowest BCUT2D eigenvalue weighted by atomic mass is 10.1. The summed E-state index contributed by atoms with van der Waals surface area (Å²) in [5.74, 6) is -0.576. The molecule has 1 N–H and O–H groups in total. The van der Waals surface area contributed by atoms with Crippen LogP contribution in [-0.2, 0) is 27.4 Å². The van der Waals surface area contributed by atoms with Crippen molar-refractivity contribution in [3.8, 4) is 0 Å². The van der Waals surface area contributed by atoms with Gasteiger partial charge in [0.25, 0.3) is 5.91 Å². The minimum absolute atomic E-state index is 0.145. The molecule has 2 aromatic rings. The Balaban J connectivity index is 1.47. The SMILES string of the molecule is O=C(Cc1ccccc1)NCC(=O)N1CCCN1C(=O)OCc1ccccc1. The van der Waals surface area contributed by atoms with Gasteiger partial charge in [0.05, 0.1) is 13.0 Å². The van der Waals surface area contributed by atoms with E-state index in [1.807, 2.05) is 60.7 Å². The molecule has 1 aliphatic heterocycles. The summed E-state index contributed by atoms with van der Waals surface area (Å²) in [5, 5.41) is 5.26. The number of hydrogen-bond donors (Lipinski definition) is 1. The first kappa shape index (κ1) is 19.4. The van der Waals surface area contributed by atoms with Crippen LogP contribution < -0.4 is 5.32 Å². The van der Waals surface area contributed by atoms with Crippen molar-refractivity contribution in [1.29, 1.82) is 0 Å². The molecule has 7 nitrogen and oxygen atoms in total. The molecule has 7 heteroatoms. The molecule has 1 aliphatic rings. The number of ether oxygens (including phenoxy) is 1. The summed E-state index contributed by atoms with van der Waals surface area (Å²) in [6, 6.07) is 18.7. The van der Waals surface area contributed by atoms with Crippen LogP contribution >= 0.6 is 0 Å². The van der Waals surface area contributed by atoms with Crippen molar-refractivity contribution in [3.05, 3.63) is 71.8 Å². The number of nitrogens with zero attached hydrogens (tertiary/aromatic N) is 2. The van der Waals surface area contributed by atoms with E-state index < -0.39 is 6.09 Å². The fraction of sp³-hybridized carbons (Fsp3) is 0.286. The number of nitrogens with one attached hydrogen (secondary N) is 1. The Labute approximate surface area is 163 Å². The first-order chi connectivity index (χ1) is 13.6. The largest absolute Gasteiger partial charge is 0.443 e. The predicted molar refractivity (Wildman–Crippen MR) is 103 cm³/mol. The number of carbonyl (C=O) groups excluding carboxylic acids is 3. The minimum atomic E-state index is -0.565. The van der Waals surface area contributed by atoms with Gasteiger partial charge in [0.15, 0.2) is 0 Å². The molecule has 0 saturated carbocycles. The Bertz CT molecular complexity index is 811. The lowest BCUT2D eigenvalue weighted by Crippen LogP contribution is -2.48. The van der Waals surface area contributed by atoms with E-state index >= 15 is 0 Å². The van der Waals surface area contributed by atoms with Crippen LogP contribution in [0.15, 0.2) is 60.7 Å². The van der Waals surface area contributed by atoms with Gasteiger partial charge in [-0.15, -0.1) is 0 Å². The van der Waals surface area contributed by atoms with Gasteiger partial charge in [-0.25, -0.2) is 14.8 Å². The van der Waals surface area contributed by atoms with Gasteiger partial charge in [0.2, 0.25) is 5.91 Å². The Morgan fingerprint density at radius 3 is 2.14 bits per heavy atom. The fourth-order valence-electron chi connectivity index (χ4n) is 2.96. The zero-order valence-electron chi connectivity index (χ0n) is 15.5. The van der Waals surface area contributed by atoms with E-state index in [1.165, 1.54) is 10.0 Å². The monoisotopic (exact) mass is 381 g/mol. The maximum Gasteiger partial charge on any atom is 0.429 e. The molecular weight excluding hydrogens is 358 g/mol. The highest BCUT2D eigenvalue weighted by molar-refractivity contribution is 5.86. The van der Waals surface area contributed by atoms with E-state index in [4.69, 9.17) is 4.74 Å². The van der Waals surface area contributed by atoms with Gasteiger partial charge in [0, 0.05) is 13.1 Å². The summed E-state index contributed by atoms with van der Waals surface area (Å²) in [4.78, 5) is 36.8. The molecule has 1 fully saturated rings. The molecule has 0 spiro atoms. The maximum atomic E-state index is 12.5. The van der Waals surface area contributed by atoms with Crippen molar-refractivity contribution >= 4 is 17.9 Å². The van der Waals surface area contributed by atoms with Gasteiger partial charge in [-0.1, -0.05) is 60.7 Å². The highest BCUT2D eigenvalue weighted by Gasteiger charge is 2.31. The van der Waals surface area contributed by atoms with Gasteiger partial charge in [-0.2, -0.15) is 0 Å². The summed E-state index contributed by atoms with van der Waals surface area (Å²) in [6.45, 7) is 0.825. The first-order valence-electron chi connectivity index (χ1n) is 9.22. The fourth-order valence-corrected chi connectivity index (χ4v) is 2.96. The number of rotatable bonds is 6. The molecule has 3 amide bonds. The van der Waals surface area contributed by atoms with Crippen LogP contribution in [0, 0.1) is 0 Å². The molecule has 3 rings (SSSR count). The third kappa shape index (κ3) is 5.33. The maximum absolute atomic E-state index is 12.5. The quantitative estimate of drug-likeness (QED) is 0.831. The highest BCUT2D eigenvalue weighted by Crippen LogP contribution is 2.13. The van der Waals surface area contributed by atoms with E-state index in [2.05, 4.69) is 5.32 Å². The topological polar surface area (TPSA) is 79.0 Å². The van der Waals surface area contributed by atoms with Crippen LogP contribution in [0.1, 0.15) is 17.5 Å². The van der Waals surface area contributed by atoms with Crippen LogP contribution in [0.5, 0.6) is 0 Å². The van der Waals surface area contributed by atoms with Crippen molar-refractivity contribution in [2.75, 3.05) is 19.6 Å². The number of benzene rings is 2. The standard InChI is InChI=1S/C21H23N3O4/c25-19(14-17-8-3-1-4-9-17)22-15-20(26)23-12-7-13-24(23)21(27)28-16-18-10-5-2-6-11-18/h1-6,8-11H,7,12-16H2,(H,22,25). The zero-order chi connectivity index (χ0) is 19.8. The Kier molecular flexibility index (Phi) is 6.62. The third-order valence-corrected chi connectivity index (χ3v) is 4.38. The average Bonchev–Trinajstić information content (AvgIpc) is 3.22. The molecule has 146 valence electrons. The van der Waals surface area contributed by atoms with Gasteiger partial charge in [0.1, 0.15) is 6.61 Å². The summed E-state index contributed by atoms with van der Waals surface area (Å²) in [6.07, 6.45) is 0.312. The van der Waals surface area contributed by atoms with Gasteiger partial charge in [-0.3, -0.25) is 9.59 Å². The second-order valence-corrected chi connectivity index (χ2v) is 6.47. The molecule has 0 bridgehead atoms. The number of hydrazine groups is 1. The number of amides is 3. The summed E-state index contributed by atoms with van der Waals surface area (Å²) in [7, 11) is 0. The molecule has 2 aromatic carbocycles. The van der Waals surface area contributed by atoms with E-state index in [0.717, 1.165) is 11.1 Å². The highest BCUT2D eigenvalue weighted by atomic mass is 16.6. The van der Waals surface area contributed by atoms with Crippen LogP contribution in [0.2, 0.25) is 0 Å². The molecule has 0 radical (unpaired) electrons. The lowest BCUT2D eigenvalue weighted by Gasteiger charge is -2.27. The van der Waals surface area contributed by atoms with E-state index in [1.54, 1.807) is 0 Å². The molecule has 28 heavy (non-hydrogen) atoms. The molecule has 1 heterocycles. The number of carbonyl (C=O) groups is 3. The van der Waals surface area contributed by atoms with Crippen LogP contribution in [0.25, 0.3) is 0 Å². The molecule has 1 saturated heterocycles. The van der Waals surface area contributed by atoms with Crippen molar-refractivity contribution in [2.45, 2.75) is 19.4 Å². The summed E-state index contributed by atoms with van der Waals surface area (Å²) in [5.41, 5.74) is 1.75. The molecule has 0 aliphatic carbocycles. The first-order valence-corrected chi connectivity index (χ1v) is 9.22. The minimum Gasteiger partial charge on any atom is -0.443 e. The van der Waals surface area contributed by atoms with E-state index in [0.29, 0.717) is 19.5 Å². The Hall–Kier alpha value is -3.35. The summed E-state index contributed by atoms with van der Waals surface area (Å²) >= 11 is 0. The Morgan fingerprint density at radius 2 is 1.46 bits per heavy atom. The van der Waals surface area contributed by atoms with Gasteiger partial charge < -0.3 is 10.1 Å². The second-order valence-electron chi connectivity index (χ2n) is 6.47. The van der Waals surface area contributed by atoms with Gasteiger partial charge >= 0.3 is 6.09 Å². The van der Waals surface area contributed by atoms with Crippen molar-refractivity contribution in [2.24, 2.45) is 0 Å². The molecule has 0 unspecified atom stereocenters. The predicted octanol–water partition coefficient (Wildman–Crippen LogP) is 2.13. The Morgan fingerprint density at radius 1 is 0.857 bits per heavy atom. The number of hydrogen-bond acceptors (Lipinski definition) is 4. The average molecular weight is 381 g/mol. The second kappa shape index (κ2) is 9.55. The zero-order valence-corrected chi connectivity index (χ0v) is 15.5. The van der Waals surface area contributed by atoms with Crippen LogP contribution in [0.3, 0.4) is 0 Å². The van der Waals surface area contributed by atoms with Crippen molar-refractivity contribution in [1.82, 2.24) is 15.3 Å². The third-order valence-electron chi connectivity index (χ3n) is 4.38. The lowest BCUT2D eigenvalue weighted by molar-refractivity contribution is -0.142. The normalized spacial score (nSPS) is 13.3. The van der Waals surface area contributed by atoms with E-state index in [9.17, 15) is 14.4 Å².